The molecule has 0 aromatic carbocycles. The Bertz CT molecular complexity index is 270. The number of hydrogen-bond acceptors (Lipinski definition) is 3. The zero-order valence-electron chi connectivity index (χ0n) is 8.19. The summed E-state index contributed by atoms with van der Waals surface area (Å²) in [6, 6.07) is 3.94. The highest BCUT2D eigenvalue weighted by Gasteiger charge is 2.15. The molecule has 1 aliphatic rings. The van der Waals surface area contributed by atoms with E-state index >= 15 is 0 Å². The SMILES string of the molecule is Cc1ccc(OC2CCNC2)nc1.Cl. The Kier molecular flexibility index (Phi) is 4.17. The first kappa shape index (κ1) is 11.3. The Morgan fingerprint density at radius 1 is 1.50 bits per heavy atom. The van der Waals surface area contributed by atoms with Gasteiger partial charge in [-0.05, 0) is 25.5 Å². The fourth-order valence-corrected chi connectivity index (χ4v) is 1.42. The fourth-order valence-electron chi connectivity index (χ4n) is 1.42. The highest BCUT2D eigenvalue weighted by molar-refractivity contribution is 5.85. The number of rotatable bonds is 2. The molecule has 1 saturated heterocycles. The number of hydrogen-bond donors (Lipinski definition) is 1. The van der Waals surface area contributed by atoms with Crippen LogP contribution in [0.4, 0.5) is 0 Å². The molecule has 1 aromatic rings. The number of halogens is 1. The van der Waals surface area contributed by atoms with Gasteiger partial charge in [-0.2, -0.15) is 0 Å². The topological polar surface area (TPSA) is 34.1 Å². The van der Waals surface area contributed by atoms with Crippen molar-refractivity contribution in [2.24, 2.45) is 0 Å². The third kappa shape index (κ3) is 2.86. The van der Waals surface area contributed by atoms with Crippen LogP contribution >= 0.6 is 12.4 Å². The van der Waals surface area contributed by atoms with Gasteiger partial charge in [0, 0.05) is 18.8 Å². The van der Waals surface area contributed by atoms with Crippen LogP contribution in [0.25, 0.3) is 0 Å². The maximum absolute atomic E-state index is 5.66. The lowest BCUT2D eigenvalue weighted by molar-refractivity contribution is 0.214. The number of pyridine rings is 1. The van der Waals surface area contributed by atoms with E-state index in [0.29, 0.717) is 6.10 Å². The molecular weight excluding hydrogens is 200 g/mol. The molecule has 1 atom stereocenters. The van der Waals surface area contributed by atoms with Gasteiger partial charge in [0.1, 0.15) is 6.10 Å². The van der Waals surface area contributed by atoms with Crippen molar-refractivity contribution in [1.82, 2.24) is 10.3 Å². The van der Waals surface area contributed by atoms with E-state index in [2.05, 4.69) is 10.3 Å². The van der Waals surface area contributed by atoms with Gasteiger partial charge in [0.25, 0.3) is 0 Å². The number of aromatic nitrogens is 1. The maximum atomic E-state index is 5.66. The molecule has 1 N–H and O–H groups in total. The molecule has 2 rings (SSSR count). The summed E-state index contributed by atoms with van der Waals surface area (Å²) in [4.78, 5) is 4.19. The minimum atomic E-state index is 0. The van der Waals surface area contributed by atoms with Crippen LogP contribution in [0.15, 0.2) is 18.3 Å². The summed E-state index contributed by atoms with van der Waals surface area (Å²) < 4.78 is 5.66. The van der Waals surface area contributed by atoms with Crippen LogP contribution in [0, 0.1) is 6.92 Å². The first-order chi connectivity index (χ1) is 6.34. The number of nitrogens with one attached hydrogen (secondary N) is 1. The largest absolute Gasteiger partial charge is 0.473 e. The molecule has 1 unspecified atom stereocenters. The van der Waals surface area contributed by atoms with Crippen molar-refractivity contribution < 1.29 is 4.74 Å². The van der Waals surface area contributed by atoms with Gasteiger partial charge in [-0.25, -0.2) is 4.98 Å². The molecule has 0 aliphatic carbocycles. The highest BCUT2D eigenvalue weighted by atomic mass is 35.5. The molecule has 78 valence electrons. The summed E-state index contributed by atoms with van der Waals surface area (Å²) >= 11 is 0. The van der Waals surface area contributed by atoms with Crippen molar-refractivity contribution in [3.05, 3.63) is 23.9 Å². The predicted molar refractivity (Wildman–Crippen MR) is 58.1 cm³/mol. The first-order valence-corrected chi connectivity index (χ1v) is 4.64. The monoisotopic (exact) mass is 214 g/mol. The van der Waals surface area contributed by atoms with E-state index in [1.54, 1.807) is 0 Å². The number of nitrogens with zero attached hydrogens (tertiary/aromatic N) is 1. The van der Waals surface area contributed by atoms with Gasteiger partial charge in [0.05, 0.1) is 0 Å². The molecular formula is C10H15ClN2O. The molecule has 0 bridgehead atoms. The third-order valence-electron chi connectivity index (χ3n) is 2.19. The van der Waals surface area contributed by atoms with E-state index in [1.807, 2.05) is 25.3 Å². The molecule has 4 heteroatoms. The summed E-state index contributed by atoms with van der Waals surface area (Å²) in [6.45, 7) is 4.01. The van der Waals surface area contributed by atoms with E-state index in [4.69, 9.17) is 4.74 Å². The highest BCUT2D eigenvalue weighted by Crippen LogP contribution is 2.11. The summed E-state index contributed by atoms with van der Waals surface area (Å²) in [7, 11) is 0. The lowest BCUT2D eigenvalue weighted by Crippen LogP contribution is -2.19. The van der Waals surface area contributed by atoms with Crippen molar-refractivity contribution >= 4 is 12.4 Å². The van der Waals surface area contributed by atoms with Crippen LogP contribution in [-0.4, -0.2) is 24.2 Å². The average molecular weight is 215 g/mol. The van der Waals surface area contributed by atoms with E-state index in [1.165, 1.54) is 0 Å². The second-order valence-corrected chi connectivity index (χ2v) is 3.41. The van der Waals surface area contributed by atoms with Crippen LogP contribution in [0.2, 0.25) is 0 Å². The van der Waals surface area contributed by atoms with E-state index in [0.717, 1.165) is 31.0 Å². The van der Waals surface area contributed by atoms with Crippen molar-refractivity contribution in [3.8, 4) is 5.88 Å². The zero-order chi connectivity index (χ0) is 9.10. The molecule has 0 amide bonds. The van der Waals surface area contributed by atoms with Gasteiger partial charge in [-0.3, -0.25) is 0 Å². The number of ether oxygens (including phenoxy) is 1. The van der Waals surface area contributed by atoms with Gasteiger partial charge >= 0.3 is 0 Å². The van der Waals surface area contributed by atoms with Gasteiger partial charge in [0.15, 0.2) is 0 Å². The van der Waals surface area contributed by atoms with E-state index in [-0.39, 0.29) is 12.4 Å². The van der Waals surface area contributed by atoms with Crippen LogP contribution in [0.5, 0.6) is 5.88 Å². The molecule has 0 saturated carbocycles. The van der Waals surface area contributed by atoms with Crippen molar-refractivity contribution in [2.75, 3.05) is 13.1 Å². The minimum absolute atomic E-state index is 0. The molecule has 0 radical (unpaired) electrons. The van der Waals surface area contributed by atoms with Crippen molar-refractivity contribution in [2.45, 2.75) is 19.4 Å². The average Bonchev–Trinajstić information content (AvgIpc) is 2.62. The zero-order valence-corrected chi connectivity index (χ0v) is 9.01. The molecule has 1 fully saturated rings. The minimum Gasteiger partial charge on any atom is -0.473 e. The molecule has 3 nitrogen and oxygen atoms in total. The Labute approximate surface area is 90.3 Å². The fraction of sp³-hybridized carbons (Fsp3) is 0.500. The standard InChI is InChI=1S/C10H14N2O.ClH/c1-8-2-3-10(12-6-8)13-9-4-5-11-7-9;/h2-3,6,9,11H,4-5,7H2,1H3;1H. The lowest BCUT2D eigenvalue weighted by Gasteiger charge is -2.10. The molecule has 1 aromatic heterocycles. The second-order valence-electron chi connectivity index (χ2n) is 3.41. The van der Waals surface area contributed by atoms with Crippen LogP contribution < -0.4 is 10.1 Å². The van der Waals surface area contributed by atoms with E-state index in [9.17, 15) is 0 Å². The molecule has 0 spiro atoms. The molecule has 2 heterocycles. The summed E-state index contributed by atoms with van der Waals surface area (Å²) in [5.41, 5.74) is 1.16. The van der Waals surface area contributed by atoms with Gasteiger partial charge in [0.2, 0.25) is 5.88 Å². The maximum Gasteiger partial charge on any atom is 0.213 e. The van der Waals surface area contributed by atoms with Crippen molar-refractivity contribution in [3.63, 3.8) is 0 Å². The Morgan fingerprint density at radius 2 is 2.36 bits per heavy atom. The molecule has 1 aliphatic heterocycles. The summed E-state index contributed by atoms with van der Waals surface area (Å²) in [5, 5.41) is 3.25. The van der Waals surface area contributed by atoms with Crippen LogP contribution in [-0.2, 0) is 0 Å². The first-order valence-electron chi connectivity index (χ1n) is 4.64. The van der Waals surface area contributed by atoms with Gasteiger partial charge < -0.3 is 10.1 Å². The summed E-state index contributed by atoms with van der Waals surface area (Å²) in [5.74, 6) is 0.735. The van der Waals surface area contributed by atoms with Crippen LogP contribution in [0.3, 0.4) is 0 Å². The van der Waals surface area contributed by atoms with Crippen molar-refractivity contribution in [1.29, 1.82) is 0 Å². The van der Waals surface area contributed by atoms with Crippen LogP contribution in [0.1, 0.15) is 12.0 Å². The Balaban J connectivity index is 0.000000980. The predicted octanol–water partition coefficient (Wildman–Crippen LogP) is 1.55. The number of aryl methyl sites for hydroxylation is 1. The van der Waals surface area contributed by atoms with Gasteiger partial charge in [-0.1, -0.05) is 6.07 Å². The molecule has 14 heavy (non-hydrogen) atoms. The second kappa shape index (κ2) is 5.17. The quantitative estimate of drug-likeness (QED) is 0.811. The Hall–Kier alpha value is -0.800. The third-order valence-corrected chi connectivity index (χ3v) is 2.19. The lowest BCUT2D eigenvalue weighted by atomic mass is 10.3. The van der Waals surface area contributed by atoms with Gasteiger partial charge in [-0.15, -0.1) is 12.4 Å². The summed E-state index contributed by atoms with van der Waals surface area (Å²) in [6.07, 6.45) is 3.21. The normalized spacial score (nSPS) is 20.2. The Morgan fingerprint density at radius 3 is 2.93 bits per heavy atom. The van der Waals surface area contributed by atoms with E-state index < -0.39 is 0 Å². The smallest absolute Gasteiger partial charge is 0.213 e.